The number of aryl methyl sites for hydroxylation is 1. The summed E-state index contributed by atoms with van der Waals surface area (Å²) in [7, 11) is 0. The van der Waals surface area contributed by atoms with Gasteiger partial charge >= 0.3 is 0 Å². The van der Waals surface area contributed by atoms with Crippen LogP contribution in [0.2, 0.25) is 0 Å². The molecule has 0 radical (unpaired) electrons. The summed E-state index contributed by atoms with van der Waals surface area (Å²) in [6.45, 7) is 8.61. The molecule has 2 N–H and O–H groups in total. The second-order valence-corrected chi connectivity index (χ2v) is 6.42. The Kier molecular flexibility index (Phi) is 4.70. The maximum Gasteiger partial charge on any atom is 0.225 e. The van der Waals surface area contributed by atoms with Crippen LogP contribution in [0.15, 0.2) is 6.20 Å². The lowest BCUT2D eigenvalue weighted by Gasteiger charge is -2.34. The molecule has 2 aliphatic heterocycles. The van der Waals surface area contributed by atoms with Crippen molar-refractivity contribution in [2.45, 2.75) is 39.2 Å². The topological polar surface area (TPSA) is 58.3 Å². The van der Waals surface area contributed by atoms with Crippen LogP contribution < -0.4 is 10.6 Å². The molecule has 2 saturated heterocycles. The molecule has 3 heterocycles. The molecule has 1 aromatic heterocycles. The van der Waals surface area contributed by atoms with Crippen molar-refractivity contribution in [3.05, 3.63) is 17.5 Å². The molecule has 21 heavy (non-hydrogen) atoms. The number of hydrogen-bond donors (Lipinski definition) is 1. The molecule has 116 valence electrons. The molecule has 2 fully saturated rings. The fourth-order valence-corrected chi connectivity index (χ4v) is 3.48. The summed E-state index contributed by atoms with van der Waals surface area (Å²) in [5, 5.41) is 0. The Balaban J connectivity index is 1.54. The summed E-state index contributed by atoms with van der Waals surface area (Å²) >= 11 is 0. The zero-order chi connectivity index (χ0) is 14.7. The lowest BCUT2D eigenvalue weighted by molar-refractivity contribution is 0.249. The zero-order valence-corrected chi connectivity index (χ0v) is 13.1. The summed E-state index contributed by atoms with van der Waals surface area (Å²) in [6, 6.07) is 0. The molecular formula is C16H27N5. The maximum atomic E-state index is 5.68. The van der Waals surface area contributed by atoms with Crippen molar-refractivity contribution in [1.29, 1.82) is 0 Å². The highest BCUT2D eigenvalue weighted by Gasteiger charge is 2.24. The van der Waals surface area contributed by atoms with Gasteiger partial charge in [0.25, 0.3) is 0 Å². The Hall–Kier alpha value is -1.20. The first kappa shape index (κ1) is 14.7. The quantitative estimate of drug-likeness (QED) is 0.911. The van der Waals surface area contributed by atoms with Crippen molar-refractivity contribution in [2.75, 3.05) is 37.6 Å². The van der Waals surface area contributed by atoms with Crippen LogP contribution in [0, 0.1) is 12.8 Å². The number of nitrogens with zero attached hydrogens (tertiary/aromatic N) is 4. The highest BCUT2D eigenvalue weighted by molar-refractivity contribution is 5.33. The van der Waals surface area contributed by atoms with Crippen molar-refractivity contribution < 1.29 is 0 Å². The molecule has 1 aromatic rings. The molecule has 5 nitrogen and oxygen atoms in total. The Labute approximate surface area is 127 Å². The number of anilines is 1. The second kappa shape index (κ2) is 6.71. The van der Waals surface area contributed by atoms with Gasteiger partial charge < -0.3 is 15.5 Å². The van der Waals surface area contributed by atoms with E-state index in [2.05, 4.69) is 19.8 Å². The van der Waals surface area contributed by atoms with E-state index in [9.17, 15) is 0 Å². The molecular weight excluding hydrogens is 262 g/mol. The second-order valence-electron chi connectivity index (χ2n) is 6.42. The van der Waals surface area contributed by atoms with Gasteiger partial charge in [-0.2, -0.15) is 0 Å². The smallest absolute Gasteiger partial charge is 0.225 e. The van der Waals surface area contributed by atoms with Crippen LogP contribution in [0.1, 0.15) is 36.9 Å². The van der Waals surface area contributed by atoms with Crippen LogP contribution >= 0.6 is 0 Å². The van der Waals surface area contributed by atoms with Crippen LogP contribution in [0.25, 0.3) is 0 Å². The molecule has 0 aromatic carbocycles. The number of piperidine rings is 1. The standard InChI is InChI=1S/C16H27N5/c1-13-15(10-17)11-18-16(19-13)21-8-4-14(5-9-21)12-20-6-2-3-7-20/h11,14H,2-10,12,17H2,1H3. The molecule has 0 amide bonds. The van der Waals surface area contributed by atoms with E-state index in [0.717, 1.165) is 36.2 Å². The molecule has 0 bridgehead atoms. The number of aromatic nitrogens is 2. The minimum absolute atomic E-state index is 0.518. The number of hydrogen-bond acceptors (Lipinski definition) is 5. The average molecular weight is 289 g/mol. The van der Waals surface area contributed by atoms with Crippen molar-refractivity contribution in [2.24, 2.45) is 11.7 Å². The largest absolute Gasteiger partial charge is 0.341 e. The van der Waals surface area contributed by atoms with Gasteiger partial charge in [-0.25, -0.2) is 9.97 Å². The van der Waals surface area contributed by atoms with Gasteiger partial charge in [0.1, 0.15) is 0 Å². The Bertz CT molecular complexity index is 462. The minimum Gasteiger partial charge on any atom is -0.341 e. The van der Waals surface area contributed by atoms with Gasteiger partial charge in [-0.15, -0.1) is 0 Å². The third kappa shape index (κ3) is 3.52. The van der Waals surface area contributed by atoms with Gasteiger partial charge in [0.15, 0.2) is 0 Å². The van der Waals surface area contributed by atoms with Gasteiger partial charge in [0.05, 0.1) is 0 Å². The molecule has 5 heteroatoms. The SMILES string of the molecule is Cc1nc(N2CCC(CN3CCCC3)CC2)ncc1CN. The highest BCUT2D eigenvalue weighted by atomic mass is 15.3. The summed E-state index contributed by atoms with van der Waals surface area (Å²) < 4.78 is 0. The predicted octanol–water partition coefficient (Wildman–Crippen LogP) is 1.56. The van der Waals surface area contributed by atoms with Crippen molar-refractivity contribution in [3.8, 4) is 0 Å². The lowest BCUT2D eigenvalue weighted by atomic mass is 9.96. The Morgan fingerprint density at radius 2 is 1.90 bits per heavy atom. The van der Waals surface area contributed by atoms with E-state index in [0.29, 0.717) is 6.54 Å². The third-order valence-corrected chi connectivity index (χ3v) is 4.90. The summed E-state index contributed by atoms with van der Waals surface area (Å²) in [6.07, 6.45) is 7.18. The zero-order valence-electron chi connectivity index (χ0n) is 13.1. The molecule has 2 aliphatic rings. The molecule has 0 spiro atoms. The Morgan fingerprint density at radius 3 is 2.52 bits per heavy atom. The van der Waals surface area contributed by atoms with Crippen molar-refractivity contribution in [1.82, 2.24) is 14.9 Å². The van der Waals surface area contributed by atoms with E-state index in [1.165, 1.54) is 45.3 Å². The van der Waals surface area contributed by atoms with Crippen LogP contribution in [0.3, 0.4) is 0 Å². The number of likely N-dealkylation sites (tertiary alicyclic amines) is 1. The van der Waals surface area contributed by atoms with Crippen LogP contribution in [0.5, 0.6) is 0 Å². The van der Waals surface area contributed by atoms with E-state index >= 15 is 0 Å². The van der Waals surface area contributed by atoms with Crippen LogP contribution in [-0.4, -0.2) is 47.6 Å². The molecule has 3 rings (SSSR count). The van der Waals surface area contributed by atoms with Crippen LogP contribution in [0.4, 0.5) is 5.95 Å². The fraction of sp³-hybridized carbons (Fsp3) is 0.750. The van der Waals surface area contributed by atoms with E-state index < -0.39 is 0 Å². The van der Waals surface area contributed by atoms with Gasteiger partial charge in [0, 0.05) is 43.6 Å². The Morgan fingerprint density at radius 1 is 1.19 bits per heavy atom. The highest BCUT2D eigenvalue weighted by Crippen LogP contribution is 2.23. The monoisotopic (exact) mass is 289 g/mol. The summed E-state index contributed by atoms with van der Waals surface area (Å²) in [5.41, 5.74) is 7.74. The van der Waals surface area contributed by atoms with E-state index in [4.69, 9.17) is 5.73 Å². The minimum atomic E-state index is 0.518. The third-order valence-electron chi connectivity index (χ3n) is 4.90. The first-order valence-corrected chi connectivity index (χ1v) is 8.26. The molecule has 0 aliphatic carbocycles. The van der Waals surface area contributed by atoms with Crippen molar-refractivity contribution >= 4 is 5.95 Å². The lowest BCUT2D eigenvalue weighted by Crippen LogP contribution is -2.39. The molecule has 0 saturated carbocycles. The fourth-order valence-electron chi connectivity index (χ4n) is 3.48. The summed E-state index contributed by atoms with van der Waals surface area (Å²) in [4.78, 5) is 14.1. The summed E-state index contributed by atoms with van der Waals surface area (Å²) in [5.74, 6) is 1.73. The number of nitrogens with two attached hydrogens (primary N) is 1. The molecule has 0 unspecified atom stereocenters. The normalized spacial score (nSPS) is 21.1. The first-order chi connectivity index (χ1) is 10.3. The van der Waals surface area contributed by atoms with Crippen LogP contribution in [-0.2, 0) is 6.54 Å². The predicted molar refractivity (Wildman–Crippen MR) is 85.3 cm³/mol. The molecule has 0 atom stereocenters. The maximum absolute atomic E-state index is 5.68. The van der Waals surface area contributed by atoms with Gasteiger partial charge in [-0.05, 0) is 51.6 Å². The van der Waals surface area contributed by atoms with E-state index in [1.54, 1.807) is 0 Å². The van der Waals surface area contributed by atoms with E-state index in [1.807, 2.05) is 13.1 Å². The number of rotatable bonds is 4. The first-order valence-electron chi connectivity index (χ1n) is 8.26. The van der Waals surface area contributed by atoms with Gasteiger partial charge in [-0.1, -0.05) is 0 Å². The van der Waals surface area contributed by atoms with E-state index in [-0.39, 0.29) is 0 Å². The average Bonchev–Trinajstić information content (AvgIpc) is 3.01. The van der Waals surface area contributed by atoms with Gasteiger partial charge in [0.2, 0.25) is 5.95 Å². The van der Waals surface area contributed by atoms with Gasteiger partial charge in [-0.3, -0.25) is 0 Å². The van der Waals surface area contributed by atoms with Crippen molar-refractivity contribution in [3.63, 3.8) is 0 Å².